The van der Waals surface area contributed by atoms with Crippen LogP contribution < -0.4 is 4.90 Å². The van der Waals surface area contributed by atoms with E-state index in [9.17, 15) is 9.59 Å². The Labute approximate surface area is 130 Å². The van der Waals surface area contributed by atoms with E-state index in [4.69, 9.17) is 10.2 Å². The highest BCUT2D eigenvalue weighted by Gasteiger charge is 2.25. The van der Waals surface area contributed by atoms with Crippen molar-refractivity contribution >= 4 is 17.6 Å². The number of hydrogen-bond acceptors (Lipinski definition) is 4. The third-order valence-electron chi connectivity index (χ3n) is 4.01. The van der Waals surface area contributed by atoms with Crippen molar-refractivity contribution in [2.75, 3.05) is 31.6 Å². The Balaban J connectivity index is 1.93. The number of carboxylic acids is 2. The number of hydrogen-bond donors (Lipinski definition) is 2. The molecule has 0 spiro atoms. The van der Waals surface area contributed by atoms with Crippen molar-refractivity contribution in [2.45, 2.75) is 19.4 Å². The number of aliphatic carboxylic acids is 2. The predicted molar refractivity (Wildman–Crippen MR) is 83.0 cm³/mol. The van der Waals surface area contributed by atoms with E-state index in [1.165, 1.54) is 0 Å². The number of nitrogens with zero attached hydrogens (tertiary/aromatic N) is 2. The molecule has 0 bridgehead atoms. The van der Waals surface area contributed by atoms with Gasteiger partial charge in [0.15, 0.2) is 0 Å². The first-order chi connectivity index (χ1) is 10.5. The summed E-state index contributed by atoms with van der Waals surface area (Å²) in [5.74, 6) is -1.84. The van der Waals surface area contributed by atoms with Crippen LogP contribution in [0.2, 0.25) is 0 Å². The average Bonchev–Trinajstić information content (AvgIpc) is 2.47. The lowest BCUT2D eigenvalue weighted by Crippen LogP contribution is -2.38. The molecule has 1 atom stereocenters. The largest absolute Gasteiger partial charge is 0.481 e. The highest BCUT2D eigenvalue weighted by molar-refractivity contribution is 5.73. The van der Waals surface area contributed by atoms with Gasteiger partial charge in [-0.3, -0.25) is 14.5 Å². The fraction of sp³-hybridized carbons (Fsp3) is 0.500. The summed E-state index contributed by atoms with van der Waals surface area (Å²) in [6.45, 7) is 2.21. The quantitative estimate of drug-likeness (QED) is 0.829. The molecule has 1 aliphatic rings. The van der Waals surface area contributed by atoms with Crippen LogP contribution in [0.4, 0.5) is 5.69 Å². The topological polar surface area (TPSA) is 81.1 Å². The third kappa shape index (κ3) is 4.46. The number of carboxylic acid groups (broad SMARTS) is 2. The molecule has 0 radical (unpaired) electrons. The van der Waals surface area contributed by atoms with E-state index in [0.717, 1.165) is 37.2 Å². The van der Waals surface area contributed by atoms with Crippen molar-refractivity contribution < 1.29 is 19.8 Å². The van der Waals surface area contributed by atoms with Crippen molar-refractivity contribution in [1.29, 1.82) is 0 Å². The van der Waals surface area contributed by atoms with Gasteiger partial charge in [0.2, 0.25) is 0 Å². The summed E-state index contributed by atoms with van der Waals surface area (Å²) in [4.78, 5) is 25.6. The number of likely N-dealkylation sites (tertiary alicyclic amines) is 1. The first kappa shape index (κ1) is 16.3. The minimum Gasteiger partial charge on any atom is -0.481 e. The Morgan fingerprint density at radius 2 is 1.95 bits per heavy atom. The molecule has 6 heteroatoms. The molecule has 1 aromatic rings. The van der Waals surface area contributed by atoms with Gasteiger partial charge in [-0.05, 0) is 37.1 Å². The molecule has 1 fully saturated rings. The molecular formula is C16H22N2O4. The van der Waals surface area contributed by atoms with Gasteiger partial charge in [0, 0.05) is 25.8 Å². The minimum absolute atomic E-state index is 0.0359. The van der Waals surface area contributed by atoms with Crippen molar-refractivity contribution in [3.63, 3.8) is 0 Å². The van der Waals surface area contributed by atoms with Crippen molar-refractivity contribution in [1.82, 2.24) is 4.90 Å². The molecule has 1 aliphatic heterocycles. The fourth-order valence-electron chi connectivity index (χ4n) is 2.81. The lowest BCUT2D eigenvalue weighted by atomic mass is 9.98. The third-order valence-corrected chi connectivity index (χ3v) is 4.01. The first-order valence-electron chi connectivity index (χ1n) is 7.42. The Bertz CT molecular complexity index is 529. The Morgan fingerprint density at radius 1 is 1.27 bits per heavy atom. The maximum absolute atomic E-state index is 11.1. The standard InChI is InChI=1S/C16H22N2O4/c1-17(11-15(19)20)14-6-4-12(5-7-14)9-18-8-2-3-13(10-18)16(21)22/h4-7,13H,2-3,8-11H2,1H3,(H,19,20)(H,21,22). The van der Waals surface area contributed by atoms with Gasteiger partial charge in [-0.2, -0.15) is 0 Å². The summed E-state index contributed by atoms with van der Waals surface area (Å²) in [7, 11) is 1.74. The Morgan fingerprint density at radius 3 is 2.55 bits per heavy atom. The summed E-state index contributed by atoms with van der Waals surface area (Å²) in [5.41, 5.74) is 1.96. The van der Waals surface area contributed by atoms with Crippen LogP contribution in [0.25, 0.3) is 0 Å². The molecule has 22 heavy (non-hydrogen) atoms. The summed E-state index contributed by atoms with van der Waals surface area (Å²) in [6, 6.07) is 7.74. The SMILES string of the molecule is CN(CC(=O)O)c1ccc(CN2CCCC(C(=O)O)C2)cc1. The minimum atomic E-state index is -0.861. The predicted octanol–water partition coefficient (Wildman–Crippen LogP) is 1.50. The highest BCUT2D eigenvalue weighted by Crippen LogP contribution is 2.20. The van der Waals surface area contributed by atoms with Crippen LogP contribution in [0, 0.1) is 5.92 Å². The van der Waals surface area contributed by atoms with Gasteiger partial charge in [-0.15, -0.1) is 0 Å². The van der Waals surface area contributed by atoms with E-state index in [-0.39, 0.29) is 12.5 Å². The van der Waals surface area contributed by atoms with Crippen LogP contribution >= 0.6 is 0 Å². The van der Waals surface area contributed by atoms with Crippen LogP contribution in [0.15, 0.2) is 24.3 Å². The lowest BCUT2D eigenvalue weighted by Gasteiger charge is -2.30. The molecule has 0 aliphatic carbocycles. The average molecular weight is 306 g/mol. The molecular weight excluding hydrogens is 284 g/mol. The summed E-state index contributed by atoms with van der Waals surface area (Å²) in [6.07, 6.45) is 1.67. The molecule has 1 unspecified atom stereocenters. The molecule has 0 amide bonds. The number of likely N-dealkylation sites (N-methyl/N-ethyl adjacent to an activating group) is 1. The van der Waals surface area contributed by atoms with Crippen molar-refractivity contribution in [3.05, 3.63) is 29.8 Å². The zero-order valence-corrected chi connectivity index (χ0v) is 12.7. The number of benzene rings is 1. The van der Waals surface area contributed by atoms with Gasteiger partial charge in [-0.25, -0.2) is 0 Å². The van der Waals surface area contributed by atoms with Crippen molar-refractivity contribution in [2.24, 2.45) is 5.92 Å². The fourth-order valence-corrected chi connectivity index (χ4v) is 2.81. The summed E-state index contributed by atoms with van der Waals surface area (Å²) >= 11 is 0. The smallest absolute Gasteiger partial charge is 0.323 e. The second-order valence-electron chi connectivity index (χ2n) is 5.83. The molecule has 6 nitrogen and oxygen atoms in total. The van der Waals surface area contributed by atoms with E-state index < -0.39 is 11.9 Å². The number of anilines is 1. The maximum atomic E-state index is 11.1. The van der Waals surface area contributed by atoms with E-state index in [1.54, 1.807) is 11.9 Å². The van der Waals surface area contributed by atoms with Crippen LogP contribution in [0.1, 0.15) is 18.4 Å². The second kappa shape index (κ2) is 7.26. The zero-order chi connectivity index (χ0) is 16.1. The van der Waals surface area contributed by atoms with Crippen LogP contribution in [-0.4, -0.2) is 53.7 Å². The van der Waals surface area contributed by atoms with Gasteiger partial charge >= 0.3 is 11.9 Å². The molecule has 0 saturated carbocycles. The molecule has 2 N–H and O–H groups in total. The van der Waals surface area contributed by atoms with Crippen molar-refractivity contribution in [3.8, 4) is 0 Å². The van der Waals surface area contributed by atoms with Gasteiger partial charge in [0.1, 0.15) is 6.54 Å². The second-order valence-corrected chi connectivity index (χ2v) is 5.83. The summed E-state index contributed by atoms with van der Waals surface area (Å²) < 4.78 is 0. The Hall–Kier alpha value is -2.08. The highest BCUT2D eigenvalue weighted by atomic mass is 16.4. The van der Waals surface area contributed by atoms with Crippen LogP contribution in [0.5, 0.6) is 0 Å². The monoisotopic (exact) mass is 306 g/mol. The molecule has 1 aromatic carbocycles. The first-order valence-corrected chi connectivity index (χ1v) is 7.42. The Kier molecular flexibility index (Phi) is 5.38. The lowest BCUT2D eigenvalue weighted by molar-refractivity contribution is -0.143. The molecule has 1 heterocycles. The van der Waals surface area contributed by atoms with E-state index in [0.29, 0.717) is 6.54 Å². The van der Waals surface area contributed by atoms with Crippen LogP contribution in [0.3, 0.4) is 0 Å². The normalized spacial score (nSPS) is 18.9. The van der Waals surface area contributed by atoms with E-state index >= 15 is 0 Å². The van der Waals surface area contributed by atoms with E-state index in [1.807, 2.05) is 24.3 Å². The van der Waals surface area contributed by atoms with Gasteiger partial charge in [0.25, 0.3) is 0 Å². The van der Waals surface area contributed by atoms with Gasteiger partial charge < -0.3 is 15.1 Å². The number of piperidine rings is 1. The number of rotatable bonds is 6. The van der Waals surface area contributed by atoms with Gasteiger partial charge in [-0.1, -0.05) is 12.1 Å². The van der Waals surface area contributed by atoms with E-state index in [2.05, 4.69) is 4.90 Å². The molecule has 0 aromatic heterocycles. The van der Waals surface area contributed by atoms with Crippen LogP contribution in [-0.2, 0) is 16.1 Å². The zero-order valence-electron chi connectivity index (χ0n) is 12.7. The molecule has 1 saturated heterocycles. The maximum Gasteiger partial charge on any atom is 0.323 e. The summed E-state index contributed by atoms with van der Waals surface area (Å²) in [5, 5.41) is 17.9. The van der Waals surface area contributed by atoms with Gasteiger partial charge in [0.05, 0.1) is 5.92 Å². The number of carbonyl (C=O) groups is 2. The molecule has 2 rings (SSSR count). The molecule has 120 valence electrons.